The fraction of sp³-hybridized carbons (Fsp3) is 0.400. The van der Waals surface area contributed by atoms with Crippen LogP contribution in [0.4, 0.5) is 0 Å². The maximum absolute atomic E-state index is 5.65. The summed E-state index contributed by atoms with van der Waals surface area (Å²) in [6.45, 7) is 6.71. The van der Waals surface area contributed by atoms with E-state index in [0.29, 0.717) is 0 Å². The van der Waals surface area contributed by atoms with Crippen LogP contribution in [0.15, 0.2) is 30.3 Å². The minimum absolute atomic E-state index is 0.824. The molecule has 0 N–H and O–H groups in total. The van der Waals surface area contributed by atoms with Crippen molar-refractivity contribution >= 4 is 6.08 Å². The fourth-order valence-electron chi connectivity index (χ4n) is 1.53. The van der Waals surface area contributed by atoms with Gasteiger partial charge in [0.15, 0.2) is 0 Å². The normalized spacial score (nSPS) is 10.9. The van der Waals surface area contributed by atoms with Crippen molar-refractivity contribution in [3.8, 4) is 5.75 Å². The predicted octanol–water partition coefficient (Wildman–Crippen LogP) is 4.49. The molecule has 0 aliphatic carbocycles. The highest BCUT2D eigenvalue weighted by molar-refractivity contribution is 5.50. The van der Waals surface area contributed by atoms with Gasteiger partial charge in [0.1, 0.15) is 5.75 Å². The lowest BCUT2D eigenvalue weighted by molar-refractivity contribution is 0.305. The fourth-order valence-corrected chi connectivity index (χ4v) is 1.53. The molecule has 1 rings (SSSR count). The molecule has 0 unspecified atom stereocenters. The van der Waals surface area contributed by atoms with Crippen molar-refractivity contribution in [2.45, 2.75) is 32.6 Å². The zero-order chi connectivity index (χ0) is 11.6. The zero-order valence-corrected chi connectivity index (χ0v) is 10.1. The molecule has 1 radical (unpaired) electrons. The monoisotopic (exact) mass is 217 g/mol. The molecule has 0 amide bonds. The molecule has 1 heteroatoms. The van der Waals surface area contributed by atoms with Gasteiger partial charge >= 0.3 is 0 Å². The van der Waals surface area contributed by atoms with Gasteiger partial charge in [-0.3, -0.25) is 0 Å². The average Bonchev–Trinajstić information content (AvgIpc) is 2.31. The maximum atomic E-state index is 5.65. The van der Waals surface area contributed by atoms with Crippen molar-refractivity contribution in [3.05, 3.63) is 42.8 Å². The second-order valence-corrected chi connectivity index (χ2v) is 3.88. The van der Waals surface area contributed by atoms with Gasteiger partial charge in [0.2, 0.25) is 0 Å². The summed E-state index contributed by atoms with van der Waals surface area (Å²) < 4.78 is 5.65. The smallest absolute Gasteiger partial charge is 0.119 e. The summed E-state index contributed by atoms with van der Waals surface area (Å²) in [5.74, 6) is 0.956. The van der Waals surface area contributed by atoms with Crippen LogP contribution in [0.3, 0.4) is 0 Å². The van der Waals surface area contributed by atoms with Crippen LogP contribution in [-0.4, -0.2) is 6.61 Å². The van der Waals surface area contributed by atoms with Gasteiger partial charge in [0.05, 0.1) is 6.61 Å². The third-order valence-electron chi connectivity index (χ3n) is 2.46. The molecular formula is C15H21O. The Hall–Kier alpha value is -1.24. The Morgan fingerprint density at radius 3 is 2.50 bits per heavy atom. The minimum Gasteiger partial charge on any atom is -0.494 e. The summed E-state index contributed by atoms with van der Waals surface area (Å²) in [5, 5.41) is 0. The molecule has 0 atom stereocenters. The maximum Gasteiger partial charge on any atom is 0.119 e. The van der Waals surface area contributed by atoms with Gasteiger partial charge in [0, 0.05) is 0 Å². The molecular weight excluding hydrogens is 196 g/mol. The van der Waals surface area contributed by atoms with Crippen LogP contribution in [0.25, 0.3) is 6.08 Å². The number of allylic oxidation sites excluding steroid dienone is 1. The number of ether oxygens (including phenoxy) is 1. The molecule has 0 saturated heterocycles. The number of benzene rings is 1. The number of hydrogen-bond donors (Lipinski definition) is 0. The van der Waals surface area contributed by atoms with Gasteiger partial charge < -0.3 is 4.74 Å². The lowest BCUT2D eigenvalue weighted by atomic mass is 10.2. The molecule has 1 aromatic rings. The molecule has 0 fully saturated rings. The molecule has 0 spiro atoms. The van der Waals surface area contributed by atoms with E-state index in [9.17, 15) is 0 Å². The zero-order valence-electron chi connectivity index (χ0n) is 10.1. The van der Waals surface area contributed by atoms with Crippen LogP contribution in [0.1, 0.15) is 38.2 Å². The van der Waals surface area contributed by atoms with E-state index >= 15 is 0 Å². The topological polar surface area (TPSA) is 9.23 Å². The molecule has 0 bridgehead atoms. The molecule has 1 nitrogen and oxygen atoms in total. The summed E-state index contributed by atoms with van der Waals surface area (Å²) in [7, 11) is 0. The third-order valence-corrected chi connectivity index (χ3v) is 2.46. The van der Waals surface area contributed by atoms with Crippen LogP contribution < -0.4 is 4.74 Å². The molecule has 1 aromatic carbocycles. The van der Waals surface area contributed by atoms with Crippen LogP contribution >= 0.6 is 0 Å². The van der Waals surface area contributed by atoms with Crippen LogP contribution in [0, 0.1) is 6.92 Å². The van der Waals surface area contributed by atoms with Crippen molar-refractivity contribution in [2.75, 3.05) is 6.61 Å². The summed E-state index contributed by atoms with van der Waals surface area (Å²) in [6.07, 6.45) is 8.75. The van der Waals surface area contributed by atoms with Crippen molar-refractivity contribution in [1.82, 2.24) is 0 Å². The van der Waals surface area contributed by atoms with Crippen molar-refractivity contribution in [1.29, 1.82) is 0 Å². The molecule has 0 saturated carbocycles. The van der Waals surface area contributed by atoms with Crippen LogP contribution in [-0.2, 0) is 0 Å². The Morgan fingerprint density at radius 1 is 1.12 bits per heavy atom. The third kappa shape index (κ3) is 5.01. The second-order valence-electron chi connectivity index (χ2n) is 3.88. The summed E-state index contributed by atoms with van der Waals surface area (Å²) >= 11 is 0. The van der Waals surface area contributed by atoms with Gasteiger partial charge in [-0.15, -0.1) is 0 Å². The largest absolute Gasteiger partial charge is 0.494 e. The first kappa shape index (κ1) is 12.8. The first-order valence-corrected chi connectivity index (χ1v) is 6.05. The molecule has 16 heavy (non-hydrogen) atoms. The predicted molar refractivity (Wildman–Crippen MR) is 70.5 cm³/mol. The van der Waals surface area contributed by atoms with Gasteiger partial charge in [-0.05, 0) is 31.0 Å². The lowest BCUT2D eigenvalue weighted by Gasteiger charge is -2.05. The van der Waals surface area contributed by atoms with Crippen molar-refractivity contribution in [2.24, 2.45) is 0 Å². The highest BCUT2D eigenvalue weighted by atomic mass is 16.5. The van der Waals surface area contributed by atoms with E-state index in [-0.39, 0.29) is 0 Å². The number of unbranched alkanes of at least 4 members (excludes halogenated alkanes) is 3. The Kier molecular flexibility index (Phi) is 6.39. The van der Waals surface area contributed by atoms with Gasteiger partial charge in [-0.25, -0.2) is 0 Å². The highest BCUT2D eigenvalue weighted by Gasteiger charge is 1.93. The first-order valence-electron chi connectivity index (χ1n) is 6.05. The van der Waals surface area contributed by atoms with Gasteiger partial charge in [-0.1, -0.05) is 50.5 Å². The molecule has 0 aliphatic rings. The first-order chi connectivity index (χ1) is 7.86. The summed E-state index contributed by atoms with van der Waals surface area (Å²) in [4.78, 5) is 0. The number of rotatable bonds is 7. The van der Waals surface area contributed by atoms with Crippen LogP contribution in [0.2, 0.25) is 0 Å². The standard InChI is InChI=1S/C15H21O/c1-3-5-6-7-13-16-15-11-9-14(8-4-2)10-12-15/h4,8-12H,2-3,5-7,13H2,1H3. The summed E-state index contributed by atoms with van der Waals surface area (Å²) in [5.41, 5.74) is 1.16. The van der Waals surface area contributed by atoms with E-state index in [4.69, 9.17) is 4.74 Å². The van der Waals surface area contributed by atoms with Crippen LogP contribution in [0.5, 0.6) is 5.75 Å². The van der Waals surface area contributed by atoms with Crippen molar-refractivity contribution < 1.29 is 4.74 Å². The van der Waals surface area contributed by atoms with E-state index in [2.05, 4.69) is 13.8 Å². The quantitative estimate of drug-likeness (QED) is 0.611. The Morgan fingerprint density at radius 2 is 1.88 bits per heavy atom. The molecule has 0 heterocycles. The highest BCUT2D eigenvalue weighted by Crippen LogP contribution is 2.13. The average molecular weight is 217 g/mol. The summed E-state index contributed by atoms with van der Waals surface area (Å²) in [6, 6.07) is 8.11. The Bertz CT molecular complexity index is 298. The Balaban J connectivity index is 2.26. The molecule has 0 aromatic heterocycles. The Labute approximate surface area is 99.1 Å². The number of hydrogen-bond acceptors (Lipinski definition) is 1. The second kappa shape index (κ2) is 7.98. The van der Waals surface area contributed by atoms with E-state index in [0.717, 1.165) is 24.3 Å². The van der Waals surface area contributed by atoms with E-state index in [1.165, 1.54) is 19.3 Å². The minimum atomic E-state index is 0.824. The molecule has 87 valence electrons. The van der Waals surface area contributed by atoms with E-state index < -0.39 is 0 Å². The van der Waals surface area contributed by atoms with E-state index in [1.807, 2.05) is 30.3 Å². The molecule has 0 aliphatic heterocycles. The van der Waals surface area contributed by atoms with Gasteiger partial charge in [-0.2, -0.15) is 0 Å². The SMILES string of the molecule is [CH2]C=Cc1ccc(OCCCCCC)cc1. The van der Waals surface area contributed by atoms with E-state index in [1.54, 1.807) is 6.08 Å². The lowest BCUT2D eigenvalue weighted by Crippen LogP contribution is -1.96. The van der Waals surface area contributed by atoms with Crippen molar-refractivity contribution in [3.63, 3.8) is 0 Å². The van der Waals surface area contributed by atoms with Gasteiger partial charge in [0.25, 0.3) is 0 Å².